The Morgan fingerprint density at radius 3 is 2.48 bits per heavy atom. The summed E-state index contributed by atoms with van der Waals surface area (Å²) in [6, 6.07) is 8.49. The maximum Gasteiger partial charge on any atom is 0.449 e. The van der Waals surface area contributed by atoms with Crippen LogP contribution in [0.1, 0.15) is 5.82 Å². The first kappa shape index (κ1) is 17.1. The topological polar surface area (TPSA) is 68.1 Å². The lowest BCUT2D eigenvalue weighted by molar-refractivity contribution is -0.144. The van der Waals surface area contributed by atoms with Gasteiger partial charge in [-0.3, -0.25) is 4.79 Å². The highest BCUT2D eigenvalue weighted by molar-refractivity contribution is 6.01. The van der Waals surface area contributed by atoms with Crippen molar-refractivity contribution in [3.05, 3.63) is 58.3 Å². The van der Waals surface area contributed by atoms with Crippen LogP contribution in [0, 0.1) is 5.82 Å². The van der Waals surface area contributed by atoms with E-state index < -0.39 is 34.3 Å². The number of benzene rings is 2. The number of H-pyrrole nitrogens is 1. The van der Waals surface area contributed by atoms with Gasteiger partial charge in [0.25, 0.3) is 0 Å². The molecule has 9 heteroatoms. The van der Waals surface area contributed by atoms with Gasteiger partial charge in [-0.1, -0.05) is 0 Å². The van der Waals surface area contributed by atoms with Crippen LogP contribution in [-0.2, 0) is 6.18 Å². The van der Waals surface area contributed by atoms with Gasteiger partial charge in [-0.2, -0.15) is 13.2 Å². The molecule has 0 fully saturated rings. The molecule has 4 aromatic rings. The molecule has 2 aromatic carbocycles. The molecule has 0 atom stereocenters. The molecule has 2 aromatic heterocycles. The van der Waals surface area contributed by atoms with E-state index in [4.69, 9.17) is 9.15 Å². The number of hydrogen-bond donors (Lipinski definition) is 1. The zero-order chi connectivity index (χ0) is 19.3. The third-order valence-electron chi connectivity index (χ3n) is 4.06. The number of aromatic amines is 1. The molecule has 0 saturated carbocycles. The van der Waals surface area contributed by atoms with Crippen LogP contribution in [0.3, 0.4) is 0 Å². The number of imidazole rings is 1. The lowest BCUT2D eigenvalue weighted by Crippen LogP contribution is -2.06. The molecule has 5 nitrogen and oxygen atoms in total. The van der Waals surface area contributed by atoms with Crippen LogP contribution in [0.25, 0.3) is 33.3 Å². The highest BCUT2D eigenvalue weighted by Gasteiger charge is 2.35. The number of alkyl halides is 3. The van der Waals surface area contributed by atoms with Crippen LogP contribution >= 0.6 is 0 Å². The van der Waals surface area contributed by atoms with Gasteiger partial charge in [-0.05, 0) is 30.3 Å². The summed E-state index contributed by atoms with van der Waals surface area (Å²) in [5, 5.41) is -0.197. The Balaban J connectivity index is 2.01. The van der Waals surface area contributed by atoms with Crippen molar-refractivity contribution in [1.29, 1.82) is 0 Å². The minimum absolute atomic E-state index is 0.111. The van der Waals surface area contributed by atoms with Crippen molar-refractivity contribution in [2.24, 2.45) is 0 Å². The number of fused-ring (bicyclic) bond motifs is 3. The summed E-state index contributed by atoms with van der Waals surface area (Å²) < 4.78 is 63.7. The molecule has 0 aliphatic heterocycles. The quantitative estimate of drug-likeness (QED) is 0.522. The second-order valence-corrected chi connectivity index (χ2v) is 5.75. The Morgan fingerprint density at radius 2 is 1.85 bits per heavy atom. The minimum Gasteiger partial charge on any atom is -0.497 e. The average molecular weight is 378 g/mol. The first-order valence-electron chi connectivity index (χ1n) is 7.65. The molecule has 0 unspecified atom stereocenters. The smallest absolute Gasteiger partial charge is 0.449 e. The summed E-state index contributed by atoms with van der Waals surface area (Å²) in [4.78, 5) is 17.7. The number of nitrogens with zero attached hydrogens (tertiary/aromatic N) is 1. The van der Waals surface area contributed by atoms with E-state index in [1.54, 1.807) is 24.3 Å². The Hall–Kier alpha value is -3.36. The summed E-state index contributed by atoms with van der Waals surface area (Å²) >= 11 is 0. The molecule has 0 bridgehead atoms. The van der Waals surface area contributed by atoms with Gasteiger partial charge < -0.3 is 14.1 Å². The average Bonchev–Trinajstić information content (AvgIpc) is 3.09. The van der Waals surface area contributed by atoms with E-state index in [1.807, 2.05) is 4.98 Å². The summed E-state index contributed by atoms with van der Waals surface area (Å²) in [6.45, 7) is 0. The highest BCUT2D eigenvalue weighted by atomic mass is 19.4. The number of ether oxygens (including phenoxy) is 1. The van der Waals surface area contributed by atoms with E-state index in [0.29, 0.717) is 11.3 Å². The molecule has 0 aliphatic rings. The minimum atomic E-state index is -4.80. The molecule has 0 aliphatic carbocycles. The van der Waals surface area contributed by atoms with Crippen molar-refractivity contribution in [3.63, 3.8) is 0 Å². The van der Waals surface area contributed by atoms with Crippen LogP contribution < -0.4 is 10.2 Å². The molecular weight excluding hydrogens is 368 g/mol. The maximum atomic E-state index is 14.2. The molecule has 0 spiro atoms. The molecule has 0 saturated heterocycles. The fraction of sp³-hybridized carbons (Fsp3) is 0.111. The van der Waals surface area contributed by atoms with E-state index in [-0.39, 0.29) is 16.7 Å². The normalized spacial score (nSPS) is 12.0. The van der Waals surface area contributed by atoms with Gasteiger partial charge in [0.1, 0.15) is 28.4 Å². The van der Waals surface area contributed by atoms with E-state index in [0.717, 1.165) is 12.1 Å². The Bertz CT molecular complexity index is 1220. The molecule has 138 valence electrons. The largest absolute Gasteiger partial charge is 0.497 e. The standard InChI is InChI=1S/C18H10F4N2O3/c1-26-9-4-2-8(3-5-9)13-7-12(25)10-6-11(19)14-15(16(10)27-13)24-17(23-14)18(20,21)22/h2-7H,1H3,(H,23,24). The predicted molar refractivity (Wildman–Crippen MR) is 89.1 cm³/mol. The van der Waals surface area contributed by atoms with Gasteiger partial charge >= 0.3 is 6.18 Å². The fourth-order valence-electron chi connectivity index (χ4n) is 2.76. The van der Waals surface area contributed by atoms with Crippen LogP contribution in [-0.4, -0.2) is 17.1 Å². The first-order valence-corrected chi connectivity index (χ1v) is 7.65. The van der Waals surface area contributed by atoms with Crippen molar-refractivity contribution in [1.82, 2.24) is 9.97 Å². The van der Waals surface area contributed by atoms with E-state index in [2.05, 4.69) is 4.98 Å². The molecule has 0 radical (unpaired) electrons. The van der Waals surface area contributed by atoms with Gasteiger partial charge in [0.05, 0.1) is 12.5 Å². The summed E-state index contributed by atoms with van der Waals surface area (Å²) in [5.74, 6) is -1.71. The third-order valence-corrected chi connectivity index (χ3v) is 4.06. The van der Waals surface area contributed by atoms with Crippen LogP contribution in [0.2, 0.25) is 0 Å². The number of nitrogens with one attached hydrogen (secondary N) is 1. The van der Waals surface area contributed by atoms with E-state index >= 15 is 0 Å². The second-order valence-electron chi connectivity index (χ2n) is 5.75. The SMILES string of the molecule is COc1ccc(-c2cc(=O)c3cc(F)c4[nH]c(C(F)(F)F)nc4c3o2)cc1. The molecule has 27 heavy (non-hydrogen) atoms. The monoisotopic (exact) mass is 378 g/mol. The van der Waals surface area contributed by atoms with Crippen LogP contribution in [0.4, 0.5) is 17.6 Å². The van der Waals surface area contributed by atoms with Crippen molar-refractivity contribution in [2.45, 2.75) is 6.18 Å². The summed E-state index contributed by atoms with van der Waals surface area (Å²) in [7, 11) is 1.49. The van der Waals surface area contributed by atoms with Gasteiger partial charge in [0.15, 0.2) is 11.0 Å². The van der Waals surface area contributed by atoms with Gasteiger partial charge in [0.2, 0.25) is 5.82 Å². The Labute approximate surface area is 148 Å². The molecule has 1 N–H and O–H groups in total. The number of aromatic nitrogens is 2. The summed E-state index contributed by atoms with van der Waals surface area (Å²) in [5.41, 5.74) is -1.20. The van der Waals surface area contributed by atoms with Crippen LogP contribution in [0.5, 0.6) is 5.75 Å². The number of rotatable bonds is 2. The van der Waals surface area contributed by atoms with Gasteiger partial charge in [0, 0.05) is 11.6 Å². The van der Waals surface area contributed by atoms with Crippen molar-refractivity contribution in [3.8, 4) is 17.1 Å². The van der Waals surface area contributed by atoms with Crippen molar-refractivity contribution < 1.29 is 26.7 Å². The molecule has 2 heterocycles. The van der Waals surface area contributed by atoms with Gasteiger partial charge in [-0.25, -0.2) is 9.37 Å². The summed E-state index contributed by atoms with van der Waals surface area (Å²) in [6.07, 6.45) is -4.80. The van der Waals surface area contributed by atoms with Gasteiger partial charge in [-0.15, -0.1) is 0 Å². The maximum absolute atomic E-state index is 14.2. The first-order chi connectivity index (χ1) is 12.8. The lowest BCUT2D eigenvalue weighted by atomic mass is 10.1. The lowest BCUT2D eigenvalue weighted by Gasteiger charge is -2.05. The zero-order valence-electron chi connectivity index (χ0n) is 13.6. The molecular formula is C18H10F4N2O3. The van der Waals surface area contributed by atoms with E-state index in [1.165, 1.54) is 7.11 Å². The van der Waals surface area contributed by atoms with Crippen molar-refractivity contribution >= 4 is 22.0 Å². The van der Waals surface area contributed by atoms with Crippen LogP contribution in [0.15, 0.2) is 45.6 Å². The number of hydrogen-bond acceptors (Lipinski definition) is 4. The fourth-order valence-corrected chi connectivity index (χ4v) is 2.76. The van der Waals surface area contributed by atoms with E-state index in [9.17, 15) is 22.4 Å². The highest BCUT2D eigenvalue weighted by Crippen LogP contribution is 2.33. The third kappa shape index (κ3) is 2.80. The predicted octanol–water partition coefficient (Wildman–Crippen LogP) is 4.50. The Kier molecular flexibility index (Phi) is 3.69. The zero-order valence-corrected chi connectivity index (χ0v) is 13.6. The number of halogens is 4. The molecule has 0 amide bonds. The Morgan fingerprint density at radius 1 is 1.15 bits per heavy atom. The molecule has 4 rings (SSSR count). The second kappa shape index (κ2) is 5.83. The number of methoxy groups -OCH3 is 1. The van der Waals surface area contributed by atoms with Crippen molar-refractivity contribution in [2.75, 3.05) is 7.11 Å².